The van der Waals surface area contributed by atoms with Crippen molar-refractivity contribution in [2.45, 2.75) is 12.5 Å². The molecular formula is C13H18N4O. The monoisotopic (exact) mass is 246 g/mol. The van der Waals surface area contributed by atoms with Crippen LogP contribution in [0.25, 0.3) is 0 Å². The molecule has 0 saturated carbocycles. The third kappa shape index (κ3) is 2.52. The molecule has 0 aliphatic heterocycles. The fourth-order valence-corrected chi connectivity index (χ4v) is 2.07. The fraction of sp³-hybridized carbons (Fsp3) is 0.308. The average Bonchev–Trinajstić information content (AvgIpc) is 2.82. The molecule has 1 heterocycles. The van der Waals surface area contributed by atoms with Crippen molar-refractivity contribution in [2.75, 3.05) is 7.11 Å². The standard InChI is InChI=1S/C13H18N4O/c1-17-12(7-8-15-17)11(16-14)9-10-5-3-4-6-13(10)18-2/h3-8,11,16H,9,14H2,1-2H3. The van der Waals surface area contributed by atoms with Crippen molar-refractivity contribution < 1.29 is 4.74 Å². The van der Waals surface area contributed by atoms with Gasteiger partial charge in [-0.15, -0.1) is 0 Å². The van der Waals surface area contributed by atoms with Crippen molar-refractivity contribution in [2.24, 2.45) is 12.9 Å². The number of rotatable bonds is 5. The van der Waals surface area contributed by atoms with E-state index in [0.717, 1.165) is 23.4 Å². The summed E-state index contributed by atoms with van der Waals surface area (Å²) in [4.78, 5) is 0. The van der Waals surface area contributed by atoms with Gasteiger partial charge in [0.15, 0.2) is 0 Å². The van der Waals surface area contributed by atoms with Crippen LogP contribution in [-0.2, 0) is 13.5 Å². The summed E-state index contributed by atoms with van der Waals surface area (Å²) in [5.74, 6) is 6.52. The largest absolute Gasteiger partial charge is 0.496 e. The SMILES string of the molecule is COc1ccccc1CC(NN)c1ccnn1C. The normalized spacial score (nSPS) is 12.4. The van der Waals surface area contributed by atoms with E-state index in [1.165, 1.54) is 0 Å². The van der Waals surface area contributed by atoms with Crippen molar-refractivity contribution in [1.82, 2.24) is 15.2 Å². The minimum absolute atomic E-state index is 0.00815. The van der Waals surface area contributed by atoms with Gasteiger partial charge in [0.1, 0.15) is 5.75 Å². The first kappa shape index (κ1) is 12.6. The maximum atomic E-state index is 5.64. The lowest BCUT2D eigenvalue weighted by Crippen LogP contribution is -2.31. The van der Waals surface area contributed by atoms with E-state index in [4.69, 9.17) is 10.6 Å². The molecule has 5 nitrogen and oxygen atoms in total. The number of benzene rings is 1. The van der Waals surface area contributed by atoms with Crippen LogP contribution in [0.3, 0.4) is 0 Å². The summed E-state index contributed by atoms with van der Waals surface area (Å²) in [6, 6.07) is 9.91. The molecular weight excluding hydrogens is 228 g/mol. The lowest BCUT2D eigenvalue weighted by molar-refractivity contribution is 0.404. The van der Waals surface area contributed by atoms with Gasteiger partial charge in [-0.3, -0.25) is 16.0 Å². The Morgan fingerprint density at radius 3 is 2.78 bits per heavy atom. The van der Waals surface area contributed by atoms with Gasteiger partial charge in [-0.1, -0.05) is 18.2 Å². The molecule has 2 rings (SSSR count). The van der Waals surface area contributed by atoms with E-state index in [1.807, 2.05) is 42.1 Å². The van der Waals surface area contributed by atoms with Gasteiger partial charge in [0.25, 0.3) is 0 Å². The Bertz CT molecular complexity index is 509. The molecule has 1 atom stereocenters. The van der Waals surface area contributed by atoms with Gasteiger partial charge in [0.05, 0.1) is 18.8 Å². The van der Waals surface area contributed by atoms with Gasteiger partial charge in [-0.25, -0.2) is 0 Å². The molecule has 5 heteroatoms. The number of hydrogen-bond acceptors (Lipinski definition) is 4. The zero-order valence-electron chi connectivity index (χ0n) is 10.6. The third-order valence-electron chi connectivity index (χ3n) is 3.03. The number of aromatic nitrogens is 2. The molecule has 0 aliphatic rings. The molecule has 0 saturated heterocycles. The van der Waals surface area contributed by atoms with Crippen LogP contribution in [0, 0.1) is 0 Å². The van der Waals surface area contributed by atoms with Crippen LogP contribution in [0.1, 0.15) is 17.3 Å². The first-order chi connectivity index (χ1) is 8.76. The van der Waals surface area contributed by atoms with E-state index in [-0.39, 0.29) is 6.04 Å². The summed E-state index contributed by atoms with van der Waals surface area (Å²) in [5.41, 5.74) is 4.99. The summed E-state index contributed by atoms with van der Waals surface area (Å²) in [6.07, 6.45) is 2.52. The molecule has 1 unspecified atom stereocenters. The van der Waals surface area contributed by atoms with Crippen molar-refractivity contribution in [3.63, 3.8) is 0 Å². The lowest BCUT2D eigenvalue weighted by Gasteiger charge is -2.17. The van der Waals surface area contributed by atoms with Crippen LogP contribution < -0.4 is 16.0 Å². The van der Waals surface area contributed by atoms with E-state index in [1.54, 1.807) is 13.3 Å². The summed E-state index contributed by atoms with van der Waals surface area (Å²) in [6.45, 7) is 0. The number of hydrazine groups is 1. The minimum Gasteiger partial charge on any atom is -0.496 e. The van der Waals surface area contributed by atoms with Crippen molar-refractivity contribution in [1.29, 1.82) is 0 Å². The molecule has 18 heavy (non-hydrogen) atoms. The first-order valence-electron chi connectivity index (χ1n) is 5.82. The molecule has 0 amide bonds. The van der Waals surface area contributed by atoms with E-state index in [2.05, 4.69) is 10.5 Å². The highest BCUT2D eigenvalue weighted by atomic mass is 16.5. The quantitative estimate of drug-likeness (QED) is 0.614. The highest BCUT2D eigenvalue weighted by molar-refractivity contribution is 5.34. The summed E-state index contributed by atoms with van der Waals surface area (Å²) >= 11 is 0. The van der Waals surface area contributed by atoms with Gasteiger partial charge < -0.3 is 4.74 Å². The molecule has 1 aromatic carbocycles. The van der Waals surface area contributed by atoms with E-state index in [0.29, 0.717) is 0 Å². The molecule has 0 radical (unpaired) electrons. The molecule has 96 valence electrons. The van der Waals surface area contributed by atoms with E-state index < -0.39 is 0 Å². The number of hydrogen-bond donors (Lipinski definition) is 2. The molecule has 0 fully saturated rings. The smallest absolute Gasteiger partial charge is 0.122 e. The number of ether oxygens (including phenoxy) is 1. The number of aryl methyl sites for hydroxylation is 1. The van der Waals surface area contributed by atoms with Gasteiger partial charge in [0.2, 0.25) is 0 Å². The summed E-state index contributed by atoms with van der Waals surface area (Å²) in [7, 11) is 3.58. The molecule has 3 N–H and O–H groups in total. The molecule has 2 aromatic rings. The van der Waals surface area contributed by atoms with E-state index >= 15 is 0 Å². The van der Waals surface area contributed by atoms with Crippen LogP contribution in [0.2, 0.25) is 0 Å². The van der Waals surface area contributed by atoms with Gasteiger partial charge >= 0.3 is 0 Å². The van der Waals surface area contributed by atoms with Crippen LogP contribution in [0.15, 0.2) is 36.5 Å². The molecule has 0 spiro atoms. The number of para-hydroxylation sites is 1. The second kappa shape index (κ2) is 5.66. The summed E-state index contributed by atoms with van der Waals surface area (Å²) < 4.78 is 7.17. The van der Waals surface area contributed by atoms with Gasteiger partial charge in [-0.2, -0.15) is 5.10 Å². The lowest BCUT2D eigenvalue weighted by atomic mass is 10.0. The second-order valence-corrected chi connectivity index (χ2v) is 4.11. The van der Waals surface area contributed by atoms with Gasteiger partial charge in [0, 0.05) is 13.2 Å². The molecule has 1 aromatic heterocycles. The Labute approximate surface area is 107 Å². The molecule has 0 bridgehead atoms. The highest BCUT2D eigenvalue weighted by Gasteiger charge is 2.15. The predicted molar refractivity (Wildman–Crippen MR) is 70.0 cm³/mol. The highest BCUT2D eigenvalue weighted by Crippen LogP contribution is 2.24. The number of methoxy groups -OCH3 is 1. The Morgan fingerprint density at radius 2 is 2.17 bits per heavy atom. The Kier molecular flexibility index (Phi) is 3.96. The van der Waals surface area contributed by atoms with Crippen molar-refractivity contribution in [3.8, 4) is 5.75 Å². The average molecular weight is 246 g/mol. The number of nitrogens with one attached hydrogen (secondary N) is 1. The van der Waals surface area contributed by atoms with Crippen molar-refractivity contribution >= 4 is 0 Å². The second-order valence-electron chi connectivity index (χ2n) is 4.11. The maximum Gasteiger partial charge on any atom is 0.122 e. The Morgan fingerprint density at radius 1 is 1.39 bits per heavy atom. The van der Waals surface area contributed by atoms with Crippen LogP contribution in [0.5, 0.6) is 5.75 Å². The third-order valence-corrected chi connectivity index (χ3v) is 3.03. The van der Waals surface area contributed by atoms with Crippen LogP contribution in [-0.4, -0.2) is 16.9 Å². The van der Waals surface area contributed by atoms with Gasteiger partial charge in [-0.05, 0) is 24.1 Å². The number of nitrogens with two attached hydrogens (primary N) is 1. The fourth-order valence-electron chi connectivity index (χ4n) is 2.07. The van der Waals surface area contributed by atoms with Crippen LogP contribution >= 0.6 is 0 Å². The molecule has 0 aliphatic carbocycles. The topological polar surface area (TPSA) is 65.1 Å². The Balaban J connectivity index is 2.23. The minimum atomic E-state index is 0.00815. The first-order valence-corrected chi connectivity index (χ1v) is 5.82. The van der Waals surface area contributed by atoms with Crippen molar-refractivity contribution in [3.05, 3.63) is 47.8 Å². The summed E-state index contributed by atoms with van der Waals surface area (Å²) in [5, 5.41) is 4.16. The zero-order chi connectivity index (χ0) is 13.0. The zero-order valence-corrected chi connectivity index (χ0v) is 10.6. The predicted octanol–water partition coefficient (Wildman–Crippen LogP) is 1.18. The number of nitrogens with zero attached hydrogens (tertiary/aromatic N) is 2. The maximum absolute atomic E-state index is 5.64. The van der Waals surface area contributed by atoms with Crippen LogP contribution in [0.4, 0.5) is 0 Å². The van der Waals surface area contributed by atoms with E-state index in [9.17, 15) is 0 Å². The Hall–Kier alpha value is -1.85.